The van der Waals surface area contributed by atoms with Crippen LogP contribution in [0, 0.1) is 17.8 Å². The molecule has 3 aliphatic carbocycles. The third-order valence-electron chi connectivity index (χ3n) is 7.40. The lowest BCUT2D eigenvalue weighted by molar-refractivity contribution is -0.194. The van der Waals surface area contributed by atoms with Crippen LogP contribution in [0.4, 0.5) is 0 Å². The highest BCUT2D eigenvalue weighted by atomic mass is 16.7. The molecular weight excluding hydrogens is 364 g/mol. The highest BCUT2D eigenvalue weighted by Gasteiger charge is 2.64. The number of para-hydroxylation sites is 1. The van der Waals surface area contributed by atoms with Gasteiger partial charge in [0.25, 0.3) is 5.79 Å². The molecule has 0 saturated heterocycles. The van der Waals surface area contributed by atoms with Gasteiger partial charge in [0.05, 0.1) is 17.9 Å². The van der Waals surface area contributed by atoms with Crippen molar-refractivity contribution in [1.29, 1.82) is 0 Å². The maximum Gasteiger partial charge on any atom is 0.259 e. The van der Waals surface area contributed by atoms with E-state index in [1.54, 1.807) is 24.3 Å². The molecule has 2 aliphatic heterocycles. The molecule has 2 bridgehead atoms. The largest absolute Gasteiger partial charge is 0.451 e. The van der Waals surface area contributed by atoms with E-state index in [9.17, 15) is 9.59 Å². The average Bonchev–Trinajstić information content (AvgIpc) is 3.46. The summed E-state index contributed by atoms with van der Waals surface area (Å²) in [6.45, 7) is 0. The van der Waals surface area contributed by atoms with Crippen molar-refractivity contribution in [2.45, 2.75) is 24.5 Å². The SMILES string of the molecule is O=C1C2=C(O[C@]3(C2)Oc2ccccc2[C@@H]2[C@H]3[C@@H]3C=C[C@H]2C3)C(=O)c2ccccc21. The monoisotopic (exact) mass is 382 g/mol. The predicted molar refractivity (Wildman–Crippen MR) is 105 cm³/mol. The molecule has 142 valence electrons. The van der Waals surface area contributed by atoms with Gasteiger partial charge in [-0.1, -0.05) is 54.6 Å². The van der Waals surface area contributed by atoms with Gasteiger partial charge in [0, 0.05) is 17.0 Å². The van der Waals surface area contributed by atoms with Crippen LogP contribution in [-0.2, 0) is 4.74 Å². The number of hydrogen-bond donors (Lipinski definition) is 0. The van der Waals surface area contributed by atoms with E-state index < -0.39 is 5.79 Å². The van der Waals surface area contributed by atoms with E-state index in [4.69, 9.17) is 9.47 Å². The van der Waals surface area contributed by atoms with E-state index in [2.05, 4.69) is 24.3 Å². The first-order chi connectivity index (χ1) is 14.2. The fourth-order valence-corrected chi connectivity index (χ4v) is 6.32. The van der Waals surface area contributed by atoms with E-state index >= 15 is 0 Å². The number of carbonyl (C=O) groups excluding carboxylic acids is 2. The van der Waals surface area contributed by atoms with E-state index in [0.717, 1.165) is 12.2 Å². The molecule has 0 unspecified atom stereocenters. The highest BCUT2D eigenvalue weighted by Crippen LogP contribution is 2.64. The molecule has 1 saturated carbocycles. The van der Waals surface area contributed by atoms with Crippen LogP contribution in [0.25, 0.3) is 0 Å². The maximum atomic E-state index is 13.2. The number of rotatable bonds is 0. The Bertz CT molecular complexity index is 1140. The zero-order valence-corrected chi connectivity index (χ0v) is 15.6. The van der Waals surface area contributed by atoms with Crippen LogP contribution in [-0.4, -0.2) is 17.4 Å². The quantitative estimate of drug-likeness (QED) is 0.633. The minimum absolute atomic E-state index is 0.0988. The van der Waals surface area contributed by atoms with Crippen molar-refractivity contribution in [3.05, 3.63) is 88.7 Å². The summed E-state index contributed by atoms with van der Waals surface area (Å²) in [6.07, 6.45) is 5.98. The Labute approximate surface area is 167 Å². The lowest BCUT2D eigenvalue weighted by Gasteiger charge is -2.46. The standard InChI is InChI=1S/C25H18O4/c26-22-15-5-1-2-6-16(15)23(27)24-18(22)12-25(29-24)21-14-10-9-13(11-14)20(21)17-7-3-4-8-19(17)28-25/h1-10,13-14,20-21H,11-12H2/t13-,14+,20+,21+,25-/m0/s1. The molecule has 0 amide bonds. The Balaban J connectivity index is 1.38. The van der Waals surface area contributed by atoms with Gasteiger partial charge in [-0.25, -0.2) is 0 Å². The van der Waals surface area contributed by atoms with Crippen LogP contribution in [0.3, 0.4) is 0 Å². The van der Waals surface area contributed by atoms with Crippen molar-refractivity contribution in [2.24, 2.45) is 17.8 Å². The lowest BCUT2D eigenvalue weighted by atomic mass is 9.70. The number of carbonyl (C=O) groups is 2. The smallest absolute Gasteiger partial charge is 0.259 e. The summed E-state index contributed by atoms with van der Waals surface area (Å²) >= 11 is 0. The second-order valence-corrected chi connectivity index (χ2v) is 8.74. The molecule has 0 radical (unpaired) electrons. The Morgan fingerprint density at radius 3 is 2.41 bits per heavy atom. The van der Waals surface area contributed by atoms with Gasteiger partial charge in [-0.05, 0) is 29.9 Å². The van der Waals surface area contributed by atoms with Gasteiger partial charge in [0.2, 0.25) is 5.78 Å². The number of allylic oxidation sites excluding steroid dienone is 3. The molecule has 5 aliphatic rings. The first-order valence-electron chi connectivity index (χ1n) is 10.2. The molecule has 4 heteroatoms. The van der Waals surface area contributed by atoms with Crippen LogP contribution >= 0.6 is 0 Å². The van der Waals surface area contributed by atoms with Gasteiger partial charge in [0.1, 0.15) is 5.75 Å². The van der Waals surface area contributed by atoms with Crippen molar-refractivity contribution in [3.8, 4) is 5.75 Å². The second kappa shape index (κ2) is 5.07. The van der Waals surface area contributed by atoms with Gasteiger partial charge >= 0.3 is 0 Å². The number of fused-ring (bicyclic) bond motifs is 9. The fraction of sp³-hybridized carbons (Fsp3) is 0.280. The van der Waals surface area contributed by atoms with E-state index in [1.807, 2.05) is 12.1 Å². The molecule has 1 fully saturated rings. The van der Waals surface area contributed by atoms with Crippen LogP contribution in [0.2, 0.25) is 0 Å². The summed E-state index contributed by atoms with van der Waals surface area (Å²) in [5, 5.41) is 0. The van der Waals surface area contributed by atoms with Crippen molar-refractivity contribution in [3.63, 3.8) is 0 Å². The minimum Gasteiger partial charge on any atom is -0.451 e. The third kappa shape index (κ3) is 1.80. The zero-order chi connectivity index (χ0) is 19.3. The Morgan fingerprint density at radius 2 is 1.55 bits per heavy atom. The number of ether oxygens (including phenoxy) is 2. The molecular formula is C25H18O4. The second-order valence-electron chi connectivity index (χ2n) is 8.74. The zero-order valence-electron chi connectivity index (χ0n) is 15.6. The number of benzene rings is 2. The Morgan fingerprint density at radius 1 is 0.828 bits per heavy atom. The van der Waals surface area contributed by atoms with Crippen molar-refractivity contribution in [2.75, 3.05) is 0 Å². The molecule has 0 N–H and O–H groups in total. The van der Waals surface area contributed by atoms with E-state index in [1.165, 1.54) is 5.56 Å². The third-order valence-corrected chi connectivity index (χ3v) is 7.40. The lowest BCUT2D eigenvalue weighted by Crippen LogP contribution is -2.51. The van der Waals surface area contributed by atoms with Crippen molar-refractivity contribution < 1.29 is 19.1 Å². The summed E-state index contributed by atoms with van der Waals surface area (Å²) < 4.78 is 12.9. The molecule has 5 atom stereocenters. The summed E-state index contributed by atoms with van der Waals surface area (Å²) in [7, 11) is 0. The Kier molecular flexibility index (Phi) is 2.75. The molecule has 0 aromatic heterocycles. The number of Topliss-reactive ketones (excluding diaryl/α,β-unsaturated/α-hetero) is 2. The summed E-state index contributed by atoms with van der Waals surface area (Å²) in [6, 6.07) is 15.1. The van der Waals surface area contributed by atoms with Crippen LogP contribution < -0.4 is 4.74 Å². The van der Waals surface area contributed by atoms with Crippen molar-refractivity contribution in [1.82, 2.24) is 0 Å². The number of ketones is 2. The molecule has 2 heterocycles. The average molecular weight is 382 g/mol. The molecule has 4 nitrogen and oxygen atoms in total. The number of hydrogen-bond acceptors (Lipinski definition) is 4. The molecule has 1 spiro atoms. The van der Waals surface area contributed by atoms with Crippen LogP contribution in [0.5, 0.6) is 5.75 Å². The van der Waals surface area contributed by atoms with Gasteiger partial charge in [-0.2, -0.15) is 0 Å². The summed E-state index contributed by atoms with van der Waals surface area (Å²) in [4.78, 5) is 26.4. The van der Waals surface area contributed by atoms with Gasteiger partial charge in [-0.15, -0.1) is 0 Å². The first kappa shape index (κ1) is 15.7. The van der Waals surface area contributed by atoms with Crippen LogP contribution in [0.15, 0.2) is 72.0 Å². The van der Waals surface area contributed by atoms with Gasteiger partial charge < -0.3 is 9.47 Å². The molecule has 2 aromatic rings. The maximum absolute atomic E-state index is 13.2. The molecule has 29 heavy (non-hydrogen) atoms. The minimum atomic E-state index is -0.985. The van der Waals surface area contributed by atoms with Crippen LogP contribution in [0.1, 0.15) is 45.0 Å². The predicted octanol–water partition coefficient (Wildman–Crippen LogP) is 4.43. The normalized spacial score (nSPS) is 35.2. The van der Waals surface area contributed by atoms with E-state index in [-0.39, 0.29) is 23.2 Å². The summed E-state index contributed by atoms with van der Waals surface area (Å²) in [5.41, 5.74) is 2.58. The summed E-state index contributed by atoms with van der Waals surface area (Å²) in [5.74, 6) is 0.899. The fourth-order valence-electron chi connectivity index (χ4n) is 6.32. The Hall–Kier alpha value is -3.14. The first-order valence-corrected chi connectivity index (χ1v) is 10.2. The van der Waals surface area contributed by atoms with E-state index in [0.29, 0.717) is 40.9 Å². The highest BCUT2D eigenvalue weighted by molar-refractivity contribution is 6.26. The molecule has 7 rings (SSSR count). The van der Waals surface area contributed by atoms with Crippen molar-refractivity contribution >= 4 is 11.6 Å². The van der Waals surface area contributed by atoms with Gasteiger partial charge in [-0.3, -0.25) is 9.59 Å². The van der Waals surface area contributed by atoms with Gasteiger partial charge in [0.15, 0.2) is 11.5 Å². The molecule has 2 aromatic carbocycles. The topological polar surface area (TPSA) is 52.6 Å².